The van der Waals surface area contributed by atoms with Gasteiger partial charge in [-0.1, -0.05) is 141 Å². The maximum atomic E-state index is 2.40. The first-order chi connectivity index (χ1) is 20.8. The third-order valence-electron chi connectivity index (χ3n) is 9.22. The van der Waals surface area contributed by atoms with Gasteiger partial charge in [-0.3, -0.25) is 0 Å². The first-order valence-electron chi connectivity index (χ1n) is 15.2. The average Bonchev–Trinajstić information content (AvgIpc) is 3.06. The molecule has 0 spiro atoms. The summed E-state index contributed by atoms with van der Waals surface area (Å²) < 4.78 is 0. The van der Waals surface area contributed by atoms with Crippen LogP contribution in [0.15, 0.2) is 133 Å². The lowest BCUT2D eigenvalue weighted by Crippen LogP contribution is -1.93. The second kappa shape index (κ2) is 9.86. The molecule has 0 unspecified atom stereocenters. The lowest BCUT2D eigenvalue weighted by atomic mass is 9.84. The van der Waals surface area contributed by atoms with Crippen molar-refractivity contribution < 1.29 is 0 Å². The lowest BCUT2D eigenvalue weighted by molar-refractivity contribution is 1.14. The smallest absolute Gasteiger partial charge is 0.00201 e. The normalized spacial score (nSPS) is 11.8. The number of benzene rings is 8. The molecule has 0 fully saturated rings. The fraction of sp³-hybridized carbons (Fsp3) is 0.0952. The Morgan fingerprint density at radius 1 is 0.381 bits per heavy atom. The van der Waals surface area contributed by atoms with Crippen LogP contribution in [0, 0.1) is 0 Å². The number of hydrogen-bond donors (Lipinski definition) is 0. The van der Waals surface area contributed by atoms with Crippen molar-refractivity contribution in [2.75, 3.05) is 0 Å². The largest absolute Gasteiger partial charge is 0.0616 e. The van der Waals surface area contributed by atoms with Gasteiger partial charge < -0.3 is 0 Å². The van der Waals surface area contributed by atoms with Gasteiger partial charge in [-0.2, -0.15) is 0 Å². The highest BCUT2D eigenvalue weighted by molar-refractivity contribution is 6.25. The van der Waals surface area contributed by atoms with E-state index in [1.807, 2.05) is 0 Å². The van der Waals surface area contributed by atoms with Gasteiger partial charge in [0.15, 0.2) is 0 Å². The Bertz CT molecular complexity index is 2240. The van der Waals surface area contributed by atoms with Crippen molar-refractivity contribution >= 4 is 53.9 Å². The monoisotopic (exact) mass is 536 g/mol. The predicted octanol–water partition coefficient (Wildman–Crippen LogP) is 11.9. The van der Waals surface area contributed by atoms with E-state index in [9.17, 15) is 0 Å². The van der Waals surface area contributed by atoms with Gasteiger partial charge >= 0.3 is 0 Å². The Hall–Kier alpha value is -4.94. The molecule has 0 N–H and O–H groups in total. The minimum absolute atomic E-state index is 1.01. The van der Waals surface area contributed by atoms with Gasteiger partial charge in [0.2, 0.25) is 0 Å². The predicted molar refractivity (Wildman–Crippen MR) is 184 cm³/mol. The minimum Gasteiger partial charge on any atom is -0.0616 e. The zero-order valence-electron chi connectivity index (χ0n) is 24.1. The SMILES string of the molecule is CCc1ccc(-c2c3ccccc3c(-c3cccc4c3ccc3c(CC)c5ccccc5cc34)c3ccccc23)cc1. The number of rotatable bonds is 4. The average molecular weight is 537 g/mol. The van der Waals surface area contributed by atoms with Crippen LogP contribution in [-0.2, 0) is 12.8 Å². The molecule has 0 heteroatoms. The summed E-state index contributed by atoms with van der Waals surface area (Å²) in [6.45, 7) is 4.49. The van der Waals surface area contributed by atoms with E-state index in [1.165, 1.54) is 87.2 Å². The Balaban J connectivity index is 1.49. The van der Waals surface area contributed by atoms with E-state index in [0.29, 0.717) is 0 Å². The second-order valence-electron chi connectivity index (χ2n) is 11.4. The number of aryl methyl sites for hydroxylation is 2. The quantitative estimate of drug-likeness (QED) is 0.155. The minimum atomic E-state index is 1.01. The van der Waals surface area contributed by atoms with Crippen LogP contribution in [0.4, 0.5) is 0 Å². The van der Waals surface area contributed by atoms with Gasteiger partial charge in [0, 0.05) is 0 Å². The van der Waals surface area contributed by atoms with Gasteiger partial charge in [-0.25, -0.2) is 0 Å². The molecular weight excluding hydrogens is 504 g/mol. The third kappa shape index (κ3) is 3.68. The summed E-state index contributed by atoms with van der Waals surface area (Å²) in [7, 11) is 0. The van der Waals surface area contributed by atoms with Gasteiger partial charge in [0.05, 0.1) is 0 Å². The molecule has 0 nitrogen and oxygen atoms in total. The summed E-state index contributed by atoms with van der Waals surface area (Å²) in [5.41, 5.74) is 8.00. The van der Waals surface area contributed by atoms with Crippen molar-refractivity contribution in [3.8, 4) is 22.3 Å². The first-order valence-corrected chi connectivity index (χ1v) is 15.2. The van der Waals surface area contributed by atoms with Crippen molar-refractivity contribution in [1.82, 2.24) is 0 Å². The molecule has 0 aliphatic rings. The Labute approximate surface area is 246 Å². The third-order valence-corrected chi connectivity index (χ3v) is 9.22. The molecule has 200 valence electrons. The summed E-state index contributed by atoms with van der Waals surface area (Å²) >= 11 is 0. The second-order valence-corrected chi connectivity index (χ2v) is 11.4. The summed E-state index contributed by atoms with van der Waals surface area (Å²) in [6, 6.07) is 49.9. The highest BCUT2D eigenvalue weighted by atomic mass is 14.2. The Kier molecular flexibility index (Phi) is 5.83. The van der Waals surface area contributed by atoms with Gasteiger partial charge in [-0.05, 0) is 106 Å². The van der Waals surface area contributed by atoms with Crippen molar-refractivity contribution in [2.45, 2.75) is 26.7 Å². The molecule has 0 aliphatic heterocycles. The molecular formula is C42H32. The van der Waals surface area contributed by atoms with Crippen molar-refractivity contribution in [3.63, 3.8) is 0 Å². The maximum Gasteiger partial charge on any atom is -0.00201 e. The van der Waals surface area contributed by atoms with E-state index in [-0.39, 0.29) is 0 Å². The van der Waals surface area contributed by atoms with Crippen LogP contribution in [0.2, 0.25) is 0 Å². The van der Waals surface area contributed by atoms with Crippen molar-refractivity contribution in [3.05, 3.63) is 145 Å². The highest BCUT2D eigenvalue weighted by Gasteiger charge is 2.18. The summed E-state index contributed by atoms with van der Waals surface area (Å²) in [5, 5.41) is 13.2. The Morgan fingerprint density at radius 2 is 0.952 bits per heavy atom. The van der Waals surface area contributed by atoms with Crippen molar-refractivity contribution in [1.29, 1.82) is 0 Å². The molecule has 8 rings (SSSR count). The van der Waals surface area contributed by atoms with Crippen LogP contribution in [0.3, 0.4) is 0 Å². The van der Waals surface area contributed by atoms with E-state index in [4.69, 9.17) is 0 Å². The molecule has 0 radical (unpaired) electrons. The van der Waals surface area contributed by atoms with Crippen LogP contribution >= 0.6 is 0 Å². The standard InChI is InChI=1S/C42H32/c1-3-27-20-22-28(23-21-27)41-36-14-7-9-16-38(36)42(39-17-10-8-15-37(39)41)35-19-11-18-32-34(35)25-24-33-30(4-2)31-13-6-5-12-29(31)26-40(32)33/h5-26H,3-4H2,1-2H3. The number of fused-ring (bicyclic) bond motifs is 6. The topological polar surface area (TPSA) is 0 Å². The summed E-state index contributed by atoms with van der Waals surface area (Å²) in [4.78, 5) is 0. The zero-order valence-corrected chi connectivity index (χ0v) is 24.1. The zero-order chi connectivity index (χ0) is 28.2. The molecule has 8 aromatic carbocycles. The van der Waals surface area contributed by atoms with Crippen LogP contribution < -0.4 is 0 Å². The fourth-order valence-electron chi connectivity index (χ4n) is 7.23. The lowest BCUT2D eigenvalue weighted by Gasteiger charge is -2.19. The van der Waals surface area contributed by atoms with E-state index in [0.717, 1.165) is 12.8 Å². The molecule has 0 saturated carbocycles. The van der Waals surface area contributed by atoms with E-state index < -0.39 is 0 Å². The van der Waals surface area contributed by atoms with Crippen LogP contribution in [0.25, 0.3) is 76.1 Å². The molecule has 8 aromatic rings. The summed E-state index contributed by atoms with van der Waals surface area (Å²) in [6.07, 6.45) is 2.06. The van der Waals surface area contributed by atoms with Gasteiger partial charge in [0.1, 0.15) is 0 Å². The van der Waals surface area contributed by atoms with Crippen LogP contribution in [-0.4, -0.2) is 0 Å². The van der Waals surface area contributed by atoms with Gasteiger partial charge in [-0.15, -0.1) is 0 Å². The van der Waals surface area contributed by atoms with Crippen molar-refractivity contribution in [2.24, 2.45) is 0 Å². The molecule has 0 atom stereocenters. The summed E-state index contributed by atoms with van der Waals surface area (Å²) in [5.74, 6) is 0. The van der Waals surface area contributed by atoms with Gasteiger partial charge in [0.25, 0.3) is 0 Å². The highest BCUT2D eigenvalue weighted by Crippen LogP contribution is 2.46. The molecule has 0 bridgehead atoms. The molecule has 0 saturated heterocycles. The molecule has 0 amide bonds. The van der Waals surface area contributed by atoms with Crippen LogP contribution in [0.5, 0.6) is 0 Å². The van der Waals surface area contributed by atoms with Crippen LogP contribution in [0.1, 0.15) is 25.0 Å². The van der Waals surface area contributed by atoms with E-state index in [1.54, 1.807) is 0 Å². The molecule has 42 heavy (non-hydrogen) atoms. The molecule has 0 aromatic heterocycles. The van der Waals surface area contributed by atoms with E-state index >= 15 is 0 Å². The fourth-order valence-corrected chi connectivity index (χ4v) is 7.23. The molecule has 0 heterocycles. The molecule has 0 aliphatic carbocycles. The maximum absolute atomic E-state index is 2.40. The number of hydrogen-bond acceptors (Lipinski definition) is 0. The first kappa shape index (κ1) is 24.8. The van der Waals surface area contributed by atoms with E-state index in [2.05, 4.69) is 147 Å². The Morgan fingerprint density at radius 3 is 1.60 bits per heavy atom.